The van der Waals surface area contributed by atoms with Crippen molar-refractivity contribution < 1.29 is 13.2 Å². The minimum atomic E-state index is -3.50. The van der Waals surface area contributed by atoms with Gasteiger partial charge in [0.2, 0.25) is 9.05 Å². The van der Waals surface area contributed by atoms with E-state index in [0.29, 0.717) is 5.56 Å². The average molecular weight is 275 g/mol. The molecule has 1 aliphatic rings. The minimum Gasteiger partial charge on any atom is -0.488 e. The van der Waals surface area contributed by atoms with E-state index in [1.54, 1.807) is 6.07 Å². The highest BCUT2D eigenvalue weighted by Gasteiger charge is 2.26. The molecule has 2 rings (SSSR count). The molecule has 0 spiro atoms. The summed E-state index contributed by atoms with van der Waals surface area (Å²) in [4.78, 5) is 0. The lowest BCUT2D eigenvalue weighted by atomic mass is 9.93. The quantitative estimate of drug-likeness (QED) is 0.779. The summed E-state index contributed by atoms with van der Waals surface area (Å²) in [6.07, 6.45) is 1.83. The molecule has 3 nitrogen and oxygen atoms in total. The van der Waals surface area contributed by atoms with Crippen molar-refractivity contribution in [2.24, 2.45) is 0 Å². The second kappa shape index (κ2) is 4.18. The first-order chi connectivity index (χ1) is 7.75. The van der Waals surface area contributed by atoms with Crippen molar-refractivity contribution in [3.8, 4) is 5.75 Å². The number of rotatable bonds is 2. The molecular formula is C12H15ClO3S. The van der Waals surface area contributed by atoms with Crippen LogP contribution < -0.4 is 4.74 Å². The Labute approximate surface area is 106 Å². The Morgan fingerprint density at radius 1 is 1.41 bits per heavy atom. The molecule has 5 heteroatoms. The van der Waals surface area contributed by atoms with Gasteiger partial charge in [-0.25, -0.2) is 8.42 Å². The van der Waals surface area contributed by atoms with Crippen molar-refractivity contribution in [1.29, 1.82) is 0 Å². The van der Waals surface area contributed by atoms with Crippen molar-refractivity contribution in [2.45, 2.75) is 38.0 Å². The fourth-order valence-corrected chi connectivity index (χ4v) is 2.96. The Morgan fingerprint density at radius 2 is 2.12 bits per heavy atom. The van der Waals surface area contributed by atoms with E-state index in [9.17, 15) is 8.42 Å². The summed E-state index contributed by atoms with van der Waals surface area (Å²) in [5.41, 5.74) is 1.62. The minimum absolute atomic E-state index is 0.134. The number of fused-ring (bicyclic) bond motifs is 1. The van der Waals surface area contributed by atoms with E-state index < -0.39 is 9.05 Å². The van der Waals surface area contributed by atoms with E-state index in [1.165, 1.54) is 0 Å². The molecule has 0 saturated heterocycles. The van der Waals surface area contributed by atoms with E-state index in [2.05, 4.69) is 0 Å². The normalized spacial score (nSPS) is 18.3. The van der Waals surface area contributed by atoms with Crippen LogP contribution in [0.3, 0.4) is 0 Å². The molecule has 1 heterocycles. The first kappa shape index (κ1) is 12.7. The van der Waals surface area contributed by atoms with Crippen LogP contribution in [0.2, 0.25) is 0 Å². The lowest BCUT2D eigenvalue weighted by molar-refractivity contribution is 0.0846. The fraction of sp³-hybridized carbons (Fsp3) is 0.500. The van der Waals surface area contributed by atoms with Crippen LogP contribution >= 0.6 is 10.7 Å². The van der Waals surface area contributed by atoms with E-state index in [1.807, 2.05) is 26.0 Å². The van der Waals surface area contributed by atoms with Gasteiger partial charge in [-0.1, -0.05) is 12.1 Å². The third-order valence-electron chi connectivity index (χ3n) is 2.85. The number of hydrogen-bond donors (Lipinski definition) is 0. The van der Waals surface area contributed by atoms with Gasteiger partial charge in [-0.15, -0.1) is 0 Å². The van der Waals surface area contributed by atoms with Gasteiger partial charge in [-0.2, -0.15) is 0 Å². The maximum Gasteiger partial charge on any atom is 0.236 e. The molecule has 1 aromatic carbocycles. The zero-order chi connectivity index (χ0) is 12.7. The van der Waals surface area contributed by atoms with Crippen molar-refractivity contribution >= 4 is 19.7 Å². The van der Waals surface area contributed by atoms with Crippen molar-refractivity contribution in [1.82, 2.24) is 0 Å². The lowest BCUT2D eigenvalue weighted by Crippen LogP contribution is -2.32. The van der Waals surface area contributed by atoms with Gasteiger partial charge in [-0.3, -0.25) is 0 Å². The molecule has 1 aliphatic heterocycles. The van der Waals surface area contributed by atoms with Crippen LogP contribution in [-0.4, -0.2) is 14.0 Å². The van der Waals surface area contributed by atoms with Gasteiger partial charge >= 0.3 is 0 Å². The first-order valence-corrected chi connectivity index (χ1v) is 7.96. The van der Waals surface area contributed by atoms with Crippen LogP contribution in [0.25, 0.3) is 0 Å². The third kappa shape index (κ3) is 3.36. The predicted molar refractivity (Wildman–Crippen MR) is 67.9 cm³/mol. The van der Waals surface area contributed by atoms with Crippen LogP contribution in [0.1, 0.15) is 31.4 Å². The second-order valence-electron chi connectivity index (χ2n) is 4.99. The molecule has 0 fully saturated rings. The van der Waals surface area contributed by atoms with Crippen LogP contribution in [0.4, 0.5) is 0 Å². The summed E-state index contributed by atoms with van der Waals surface area (Å²) in [5.74, 6) is 0.711. The maximum absolute atomic E-state index is 11.0. The SMILES string of the molecule is CC1(C)CCc2cc(CS(=O)(=O)Cl)ccc2O1. The van der Waals surface area contributed by atoms with E-state index in [4.69, 9.17) is 15.4 Å². The number of hydrogen-bond acceptors (Lipinski definition) is 3. The molecule has 0 N–H and O–H groups in total. The van der Waals surface area contributed by atoms with Crippen LogP contribution in [-0.2, 0) is 21.2 Å². The van der Waals surface area contributed by atoms with E-state index in [0.717, 1.165) is 24.2 Å². The van der Waals surface area contributed by atoms with Crippen LogP contribution in [0, 0.1) is 0 Å². The van der Waals surface area contributed by atoms with Gasteiger partial charge in [0.15, 0.2) is 0 Å². The topological polar surface area (TPSA) is 43.4 Å². The summed E-state index contributed by atoms with van der Waals surface area (Å²) in [5, 5.41) is 0. The Hall–Kier alpha value is -0.740. The molecule has 94 valence electrons. The smallest absolute Gasteiger partial charge is 0.236 e. The van der Waals surface area contributed by atoms with Crippen molar-refractivity contribution in [2.75, 3.05) is 0 Å². The predicted octanol–water partition coefficient (Wildman–Crippen LogP) is 2.86. The zero-order valence-corrected chi connectivity index (χ0v) is 11.4. The van der Waals surface area contributed by atoms with Gasteiger partial charge in [0.1, 0.15) is 11.4 Å². The zero-order valence-electron chi connectivity index (χ0n) is 9.86. The Balaban J connectivity index is 2.28. The molecule has 0 aromatic heterocycles. The summed E-state index contributed by atoms with van der Waals surface area (Å²) >= 11 is 0. The van der Waals surface area contributed by atoms with E-state index in [-0.39, 0.29) is 11.4 Å². The Morgan fingerprint density at radius 3 is 2.76 bits per heavy atom. The summed E-state index contributed by atoms with van der Waals surface area (Å²) in [7, 11) is 1.74. The fourth-order valence-electron chi connectivity index (χ4n) is 2.00. The van der Waals surface area contributed by atoms with Gasteiger partial charge in [0, 0.05) is 10.7 Å². The molecule has 0 bridgehead atoms. The Kier molecular flexibility index (Phi) is 3.12. The van der Waals surface area contributed by atoms with Gasteiger partial charge in [0.25, 0.3) is 0 Å². The maximum atomic E-state index is 11.0. The monoisotopic (exact) mass is 274 g/mol. The lowest BCUT2D eigenvalue weighted by Gasteiger charge is -2.32. The number of benzene rings is 1. The molecular weight excluding hydrogens is 260 g/mol. The standard InChI is InChI=1S/C12H15ClO3S/c1-12(2)6-5-10-7-9(8-17(13,14)15)3-4-11(10)16-12/h3-4,7H,5-6,8H2,1-2H3. The first-order valence-electron chi connectivity index (χ1n) is 5.48. The molecule has 0 radical (unpaired) electrons. The summed E-state index contributed by atoms with van der Waals surface area (Å²) < 4.78 is 27.8. The van der Waals surface area contributed by atoms with Crippen LogP contribution in [0.15, 0.2) is 18.2 Å². The van der Waals surface area contributed by atoms with Crippen LogP contribution in [0.5, 0.6) is 5.75 Å². The summed E-state index contributed by atoms with van der Waals surface area (Å²) in [6, 6.07) is 5.44. The van der Waals surface area contributed by atoms with Crippen molar-refractivity contribution in [3.05, 3.63) is 29.3 Å². The van der Waals surface area contributed by atoms with E-state index >= 15 is 0 Å². The molecule has 0 saturated carbocycles. The van der Waals surface area contributed by atoms with Gasteiger partial charge in [0.05, 0.1) is 5.75 Å². The highest BCUT2D eigenvalue weighted by atomic mass is 35.7. The summed E-state index contributed by atoms with van der Waals surface area (Å²) in [6.45, 7) is 4.10. The van der Waals surface area contributed by atoms with Crippen molar-refractivity contribution in [3.63, 3.8) is 0 Å². The molecule has 0 amide bonds. The molecule has 0 aliphatic carbocycles. The van der Waals surface area contributed by atoms with Gasteiger partial charge in [-0.05, 0) is 43.9 Å². The molecule has 1 aromatic rings. The number of halogens is 1. The largest absolute Gasteiger partial charge is 0.488 e. The Bertz CT molecular complexity index is 535. The molecule has 0 atom stereocenters. The molecule has 17 heavy (non-hydrogen) atoms. The highest BCUT2D eigenvalue weighted by Crippen LogP contribution is 2.33. The molecule has 0 unspecified atom stereocenters. The highest BCUT2D eigenvalue weighted by molar-refractivity contribution is 8.13. The number of aryl methyl sites for hydroxylation is 1. The third-order valence-corrected chi connectivity index (χ3v) is 3.85. The number of ether oxygens (including phenoxy) is 1. The second-order valence-corrected chi connectivity index (χ2v) is 7.76. The average Bonchev–Trinajstić information content (AvgIpc) is 2.15. The van der Waals surface area contributed by atoms with Gasteiger partial charge < -0.3 is 4.74 Å².